The zero-order chi connectivity index (χ0) is 12.0. The minimum Gasteiger partial charge on any atom is -0.497 e. The van der Waals surface area contributed by atoms with Gasteiger partial charge in [-0.05, 0) is 24.6 Å². The fourth-order valence-corrected chi connectivity index (χ4v) is 1.15. The highest BCUT2D eigenvalue weighted by atomic mass is 16.5. The van der Waals surface area contributed by atoms with E-state index >= 15 is 0 Å². The first-order valence-corrected chi connectivity index (χ1v) is 5.07. The van der Waals surface area contributed by atoms with E-state index in [9.17, 15) is 4.79 Å². The van der Waals surface area contributed by atoms with Crippen molar-refractivity contribution in [1.82, 2.24) is 0 Å². The van der Waals surface area contributed by atoms with E-state index < -0.39 is 11.9 Å². The van der Waals surface area contributed by atoms with Crippen LogP contribution < -0.4 is 4.74 Å². The number of ether oxygens (including phenoxy) is 2. The first-order chi connectivity index (χ1) is 7.63. The van der Waals surface area contributed by atoms with Gasteiger partial charge in [0.15, 0.2) is 0 Å². The molecule has 0 amide bonds. The maximum Gasteiger partial charge on any atom is 0.308 e. The number of carboxylic acids is 1. The number of hydrogen-bond acceptors (Lipinski definition) is 3. The number of aliphatic carboxylic acids is 1. The highest BCUT2D eigenvalue weighted by Crippen LogP contribution is 2.12. The average Bonchev–Trinajstić information content (AvgIpc) is 2.29. The molecule has 0 fully saturated rings. The number of hydrogen-bond donors (Lipinski definition) is 1. The molecule has 0 spiro atoms. The molecule has 0 aliphatic heterocycles. The minimum atomic E-state index is -0.838. The van der Waals surface area contributed by atoms with Gasteiger partial charge in [-0.1, -0.05) is 12.1 Å². The van der Waals surface area contributed by atoms with Crippen LogP contribution in [-0.4, -0.2) is 24.8 Å². The molecular formula is C12H16O4. The Morgan fingerprint density at radius 1 is 1.38 bits per heavy atom. The molecule has 16 heavy (non-hydrogen) atoms. The van der Waals surface area contributed by atoms with Crippen LogP contribution in [0.2, 0.25) is 0 Å². The molecule has 0 saturated carbocycles. The lowest BCUT2D eigenvalue weighted by molar-refractivity contribution is -0.143. The van der Waals surface area contributed by atoms with E-state index in [2.05, 4.69) is 0 Å². The Balaban J connectivity index is 2.34. The average molecular weight is 224 g/mol. The third-order valence-electron chi connectivity index (χ3n) is 2.22. The topological polar surface area (TPSA) is 55.8 Å². The fraction of sp³-hybridized carbons (Fsp3) is 0.417. The summed E-state index contributed by atoms with van der Waals surface area (Å²) in [6.45, 7) is 2.26. The highest BCUT2D eigenvalue weighted by Gasteiger charge is 2.10. The summed E-state index contributed by atoms with van der Waals surface area (Å²) in [5, 5.41) is 8.65. The van der Waals surface area contributed by atoms with Crippen molar-refractivity contribution < 1.29 is 19.4 Å². The van der Waals surface area contributed by atoms with Crippen molar-refractivity contribution in [2.24, 2.45) is 5.92 Å². The minimum absolute atomic E-state index is 0.224. The first-order valence-electron chi connectivity index (χ1n) is 5.07. The van der Waals surface area contributed by atoms with Crippen LogP contribution in [0.5, 0.6) is 5.75 Å². The summed E-state index contributed by atoms with van der Waals surface area (Å²) in [4.78, 5) is 10.5. The Kier molecular flexibility index (Phi) is 4.79. The number of benzene rings is 1. The van der Waals surface area contributed by atoms with Gasteiger partial charge in [0.1, 0.15) is 5.75 Å². The summed E-state index contributed by atoms with van der Waals surface area (Å²) in [7, 11) is 1.61. The van der Waals surface area contributed by atoms with Crippen molar-refractivity contribution >= 4 is 5.97 Å². The summed E-state index contributed by atoms with van der Waals surface area (Å²) < 4.78 is 10.3. The molecule has 0 radical (unpaired) electrons. The zero-order valence-electron chi connectivity index (χ0n) is 9.47. The second-order valence-corrected chi connectivity index (χ2v) is 3.60. The van der Waals surface area contributed by atoms with Crippen LogP contribution in [0, 0.1) is 5.92 Å². The van der Waals surface area contributed by atoms with E-state index in [-0.39, 0.29) is 6.61 Å². The van der Waals surface area contributed by atoms with E-state index in [1.165, 1.54) is 0 Å². The Morgan fingerprint density at radius 2 is 2.00 bits per heavy atom. The van der Waals surface area contributed by atoms with Crippen LogP contribution in [0.15, 0.2) is 24.3 Å². The third kappa shape index (κ3) is 3.90. The summed E-state index contributed by atoms with van der Waals surface area (Å²) >= 11 is 0. The Bertz CT molecular complexity index is 331. The molecule has 1 aromatic rings. The normalized spacial score (nSPS) is 12.1. The van der Waals surface area contributed by atoms with Gasteiger partial charge in [-0.3, -0.25) is 4.79 Å². The van der Waals surface area contributed by atoms with Crippen molar-refractivity contribution in [2.75, 3.05) is 13.7 Å². The van der Waals surface area contributed by atoms with Crippen molar-refractivity contribution in [3.8, 4) is 5.75 Å². The second-order valence-electron chi connectivity index (χ2n) is 3.60. The summed E-state index contributed by atoms with van der Waals surface area (Å²) in [5.74, 6) is -0.518. The molecule has 0 saturated heterocycles. The van der Waals surface area contributed by atoms with Gasteiger partial charge >= 0.3 is 5.97 Å². The van der Waals surface area contributed by atoms with Crippen LogP contribution in [-0.2, 0) is 16.1 Å². The van der Waals surface area contributed by atoms with Crippen LogP contribution in [0.1, 0.15) is 12.5 Å². The van der Waals surface area contributed by atoms with Crippen molar-refractivity contribution in [3.05, 3.63) is 29.8 Å². The van der Waals surface area contributed by atoms with Gasteiger partial charge in [0.2, 0.25) is 0 Å². The van der Waals surface area contributed by atoms with Crippen LogP contribution in [0.3, 0.4) is 0 Å². The molecule has 0 aromatic heterocycles. The van der Waals surface area contributed by atoms with Crippen molar-refractivity contribution in [3.63, 3.8) is 0 Å². The second kappa shape index (κ2) is 6.12. The molecule has 4 heteroatoms. The molecule has 0 bridgehead atoms. The van der Waals surface area contributed by atoms with Gasteiger partial charge in [-0.15, -0.1) is 0 Å². The first kappa shape index (κ1) is 12.5. The molecule has 0 heterocycles. The SMILES string of the molecule is COc1ccc(COCC(C)C(=O)O)cc1. The zero-order valence-corrected chi connectivity index (χ0v) is 9.47. The number of methoxy groups -OCH3 is 1. The molecule has 1 aromatic carbocycles. The van der Waals surface area contributed by atoms with Gasteiger partial charge in [0.25, 0.3) is 0 Å². The molecular weight excluding hydrogens is 208 g/mol. The smallest absolute Gasteiger partial charge is 0.308 e. The number of carboxylic acid groups (broad SMARTS) is 1. The molecule has 1 N–H and O–H groups in total. The lowest BCUT2D eigenvalue weighted by Gasteiger charge is -2.08. The van der Waals surface area contributed by atoms with E-state index in [0.717, 1.165) is 11.3 Å². The summed E-state index contributed by atoms with van der Waals surface area (Å²) in [6, 6.07) is 7.48. The van der Waals surface area contributed by atoms with Crippen LogP contribution in [0.4, 0.5) is 0 Å². The van der Waals surface area contributed by atoms with Gasteiger partial charge < -0.3 is 14.6 Å². The van der Waals surface area contributed by atoms with Crippen molar-refractivity contribution in [2.45, 2.75) is 13.5 Å². The third-order valence-corrected chi connectivity index (χ3v) is 2.22. The Morgan fingerprint density at radius 3 is 2.50 bits per heavy atom. The number of carbonyl (C=O) groups is 1. The standard InChI is InChI=1S/C12H16O4/c1-9(12(13)14)7-16-8-10-3-5-11(15-2)6-4-10/h3-6,9H,7-8H2,1-2H3,(H,13,14). The predicted molar refractivity (Wildman–Crippen MR) is 59.4 cm³/mol. The largest absolute Gasteiger partial charge is 0.497 e. The summed E-state index contributed by atoms with van der Waals surface area (Å²) in [6.07, 6.45) is 0. The van der Waals surface area contributed by atoms with Crippen LogP contribution >= 0.6 is 0 Å². The predicted octanol–water partition coefficient (Wildman–Crippen LogP) is 1.93. The molecule has 1 rings (SSSR count). The van der Waals surface area contributed by atoms with Gasteiger partial charge in [0.05, 0.1) is 26.2 Å². The maximum absolute atomic E-state index is 10.5. The Labute approximate surface area is 94.8 Å². The van der Waals surface area contributed by atoms with E-state index in [1.54, 1.807) is 14.0 Å². The van der Waals surface area contributed by atoms with E-state index in [1.807, 2.05) is 24.3 Å². The highest BCUT2D eigenvalue weighted by molar-refractivity contribution is 5.69. The van der Waals surface area contributed by atoms with E-state index in [4.69, 9.17) is 14.6 Å². The van der Waals surface area contributed by atoms with Gasteiger partial charge in [-0.2, -0.15) is 0 Å². The monoisotopic (exact) mass is 224 g/mol. The quantitative estimate of drug-likeness (QED) is 0.802. The lowest BCUT2D eigenvalue weighted by atomic mass is 10.2. The molecule has 4 nitrogen and oxygen atoms in total. The summed E-state index contributed by atoms with van der Waals surface area (Å²) in [5.41, 5.74) is 0.999. The van der Waals surface area contributed by atoms with Gasteiger partial charge in [0, 0.05) is 0 Å². The number of rotatable bonds is 6. The molecule has 88 valence electrons. The Hall–Kier alpha value is -1.55. The molecule has 0 aliphatic carbocycles. The molecule has 1 atom stereocenters. The molecule has 1 unspecified atom stereocenters. The van der Waals surface area contributed by atoms with Gasteiger partial charge in [-0.25, -0.2) is 0 Å². The lowest BCUT2D eigenvalue weighted by Crippen LogP contribution is -2.15. The van der Waals surface area contributed by atoms with E-state index in [0.29, 0.717) is 6.61 Å². The maximum atomic E-state index is 10.5. The van der Waals surface area contributed by atoms with Crippen LogP contribution in [0.25, 0.3) is 0 Å². The molecule has 0 aliphatic rings. The fourth-order valence-electron chi connectivity index (χ4n) is 1.15. The van der Waals surface area contributed by atoms with Crippen molar-refractivity contribution in [1.29, 1.82) is 0 Å².